The Balaban J connectivity index is 0.00000264. The number of likely N-dealkylation sites (tertiary alicyclic amines) is 1. The quantitative estimate of drug-likeness (QED) is 0.438. The second-order valence-electron chi connectivity index (χ2n) is 5.65. The van der Waals surface area contributed by atoms with Crippen molar-refractivity contribution in [3.8, 4) is 0 Å². The van der Waals surface area contributed by atoms with Crippen molar-refractivity contribution in [2.24, 2.45) is 4.99 Å². The summed E-state index contributed by atoms with van der Waals surface area (Å²) in [6, 6.07) is 8.24. The van der Waals surface area contributed by atoms with Crippen molar-refractivity contribution in [2.75, 3.05) is 26.7 Å². The number of guanidine groups is 1. The Hall–Kier alpha value is -1.31. The highest BCUT2D eigenvalue weighted by atomic mass is 127. The molecule has 0 saturated carbocycles. The number of piperidine rings is 1. The standard InChI is InChI=1S/C17H26N4O.HI/c1-14-8-4-5-9-15(14)12-19-17(18-2)20-13-16(22)21-10-6-3-7-11-21;/h4-5,8-9H,3,6-7,10-13H2,1-2H3,(H2,18,19,20);1H. The third-order valence-corrected chi connectivity index (χ3v) is 4.05. The summed E-state index contributed by atoms with van der Waals surface area (Å²) in [5, 5.41) is 6.36. The molecule has 1 aromatic rings. The molecule has 1 fully saturated rings. The van der Waals surface area contributed by atoms with Gasteiger partial charge in [0.15, 0.2) is 5.96 Å². The van der Waals surface area contributed by atoms with Gasteiger partial charge < -0.3 is 15.5 Å². The van der Waals surface area contributed by atoms with E-state index < -0.39 is 0 Å². The molecule has 6 heteroatoms. The lowest BCUT2D eigenvalue weighted by Crippen LogP contribution is -2.45. The molecule has 23 heavy (non-hydrogen) atoms. The maximum absolute atomic E-state index is 12.1. The second-order valence-corrected chi connectivity index (χ2v) is 5.65. The monoisotopic (exact) mass is 430 g/mol. The first-order chi connectivity index (χ1) is 10.7. The van der Waals surface area contributed by atoms with Gasteiger partial charge >= 0.3 is 0 Å². The number of hydrogen-bond donors (Lipinski definition) is 2. The molecule has 0 radical (unpaired) electrons. The van der Waals surface area contributed by atoms with E-state index in [1.165, 1.54) is 17.5 Å². The molecular weight excluding hydrogens is 403 g/mol. The Labute approximate surface area is 156 Å². The van der Waals surface area contributed by atoms with E-state index in [1.54, 1.807) is 7.05 Å². The van der Waals surface area contributed by atoms with Gasteiger partial charge in [-0.25, -0.2) is 0 Å². The Morgan fingerprint density at radius 3 is 2.52 bits per heavy atom. The third-order valence-electron chi connectivity index (χ3n) is 4.05. The zero-order chi connectivity index (χ0) is 15.8. The first-order valence-electron chi connectivity index (χ1n) is 7.97. The number of carbonyl (C=O) groups excluding carboxylic acids is 1. The van der Waals surface area contributed by atoms with E-state index in [-0.39, 0.29) is 29.9 Å². The van der Waals surface area contributed by atoms with Crippen molar-refractivity contribution < 1.29 is 4.79 Å². The molecule has 0 atom stereocenters. The predicted molar refractivity (Wildman–Crippen MR) is 105 cm³/mol. The smallest absolute Gasteiger partial charge is 0.241 e. The molecule has 1 heterocycles. The zero-order valence-corrected chi connectivity index (χ0v) is 16.3. The van der Waals surface area contributed by atoms with Crippen molar-refractivity contribution >= 4 is 35.8 Å². The minimum absolute atomic E-state index is 0. The molecule has 2 rings (SSSR count). The number of rotatable bonds is 4. The minimum Gasteiger partial charge on any atom is -0.352 e. The molecule has 0 bridgehead atoms. The molecule has 1 aromatic carbocycles. The van der Waals surface area contributed by atoms with Crippen LogP contribution in [0.1, 0.15) is 30.4 Å². The summed E-state index contributed by atoms with van der Waals surface area (Å²) in [7, 11) is 1.72. The lowest BCUT2D eigenvalue weighted by Gasteiger charge is -2.27. The zero-order valence-electron chi connectivity index (χ0n) is 14.0. The summed E-state index contributed by atoms with van der Waals surface area (Å²) in [5.41, 5.74) is 2.47. The van der Waals surface area contributed by atoms with E-state index >= 15 is 0 Å². The van der Waals surface area contributed by atoms with Gasteiger partial charge in [-0.1, -0.05) is 24.3 Å². The van der Waals surface area contributed by atoms with Crippen molar-refractivity contribution in [3.63, 3.8) is 0 Å². The highest BCUT2D eigenvalue weighted by Crippen LogP contribution is 2.08. The van der Waals surface area contributed by atoms with Crippen LogP contribution in [0.2, 0.25) is 0 Å². The largest absolute Gasteiger partial charge is 0.352 e. The van der Waals surface area contributed by atoms with E-state index in [1.807, 2.05) is 17.0 Å². The molecular formula is C17H27IN4O. The van der Waals surface area contributed by atoms with Crippen molar-refractivity contribution in [1.29, 1.82) is 0 Å². The van der Waals surface area contributed by atoms with E-state index in [9.17, 15) is 4.79 Å². The van der Waals surface area contributed by atoms with Crippen molar-refractivity contribution in [2.45, 2.75) is 32.7 Å². The number of aryl methyl sites for hydroxylation is 1. The Kier molecular flexibility index (Phi) is 8.98. The van der Waals surface area contributed by atoms with Gasteiger partial charge in [0.2, 0.25) is 5.91 Å². The number of benzene rings is 1. The second kappa shape index (κ2) is 10.5. The molecule has 5 nitrogen and oxygen atoms in total. The van der Waals surface area contributed by atoms with Gasteiger partial charge in [0.05, 0.1) is 6.54 Å². The van der Waals surface area contributed by atoms with Gasteiger partial charge in [0.25, 0.3) is 0 Å². The molecule has 1 saturated heterocycles. The van der Waals surface area contributed by atoms with Gasteiger partial charge in [-0.15, -0.1) is 24.0 Å². The number of amides is 1. The molecule has 0 aliphatic carbocycles. The topological polar surface area (TPSA) is 56.7 Å². The van der Waals surface area contributed by atoms with Crippen LogP contribution < -0.4 is 10.6 Å². The van der Waals surface area contributed by atoms with Gasteiger partial charge in [0, 0.05) is 26.7 Å². The number of nitrogens with zero attached hydrogens (tertiary/aromatic N) is 2. The fraction of sp³-hybridized carbons (Fsp3) is 0.529. The molecule has 1 amide bonds. The first kappa shape index (κ1) is 19.7. The summed E-state index contributed by atoms with van der Waals surface area (Å²) in [5.74, 6) is 0.812. The number of nitrogens with one attached hydrogen (secondary N) is 2. The Morgan fingerprint density at radius 1 is 1.17 bits per heavy atom. The van der Waals surface area contributed by atoms with Crippen LogP contribution in [-0.4, -0.2) is 43.4 Å². The van der Waals surface area contributed by atoms with E-state index in [2.05, 4.69) is 34.7 Å². The summed E-state index contributed by atoms with van der Waals surface area (Å²) in [6.45, 7) is 4.86. The molecule has 128 valence electrons. The van der Waals surface area contributed by atoms with Crippen LogP contribution in [0.5, 0.6) is 0 Å². The van der Waals surface area contributed by atoms with Crippen LogP contribution in [0.25, 0.3) is 0 Å². The van der Waals surface area contributed by atoms with Crippen molar-refractivity contribution in [3.05, 3.63) is 35.4 Å². The minimum atomic E-state index is 0. The maximum Gasteiger partial charge on any atom is 0.241 e. The fourth-order valence-electron chi connectivity index (χ4n) is 2.62. The molecule has 2 N–H and O–H groups in total. The summed E-state index contributed by atoms with van der Waals surface area (Å²) < 4.78 is 0. The van der Waals surface area contributed by atoms with Crippen LogP contribution in [-0.2, 0) is 11.3 Å². The van der Waals surface area contributed by atoms with Gasteiger partial charge in [-0.2, -0.15) is 0 Å². The summed E-state index contributed by atoms with van der Waals surface area (Å²) in [4.78, 5) is 18.2. The van der Waals surface area contributed by atoms with Crippen LogP contribution in [0.3, 0.4) is 0 Å². The molecule has 0 spiro atoms. The highest BCUT2D eigenvalue weighted by molar-refractivity contribution is 14.0. The summed E-state index contributed by atoms with van der Waals surface area (Å²) in [6.07, 6.45) is 3.47. The number of carbonyl (C=O) groups is 1. The normalized spacial score (nSPS) is 14.9. The molecule has 0 unspecified atom stereocenters. The van der Waals surface area contributed by atoms with E-state index in [0.717, 1.165) is 25.9 Å². The van der Waals surface area contributed by atoms with Crippen molar-refractivity contribution in [1.82, 2.24) is 15.5 Å². The van der Waals surface area contributed by atoms with Crippen LogP contribution in [0, 0.1) is 6.92 Å². The number of hydrogen-bond acceptors (Lipinski definition) is 2. The lowest BCUT2D eigenvalue weighted by molar-refractivity contribution is -0.130. The predicted octanol–water partition coefficient (Wildman–Crippen LogP) is 2.29. The van der Waals surface area contributed by atoms with Crippen LogP contribution in [0.15, 0.2) is 29.3 Å². The third kappa shape index (κ3) is 6.37. The average Bonchev–Trinajstić information content (AvgIpc) is 2.57. The molecule has 0 aromatic heterocycles. The average molecular weight is 430 g/mol. The van der Waals surface area contributed by atoms with E-state index in [0.29, 0.717) is 19.0 Å². The lowest BCUT2D eigenvalue weighted by atomic mass is 10.1. The number of aliphatic imine (C=N–C) groups is 1. The van der Waals surface area contributed by atoms with E-state index in [4.69, 9.17) is 0 Å². The fourth-order valence-corrected chi connectivity index (χ4v) is 2.62. The maximum atomic E-state index is 12.1. The summed E-state index contributed by atoms with van der Waals surface area (Å²) >= 11 is 0. The highest BCUT2D eigenvalue weighted by Gasteiger charge is 2.16. The van der Waals surface area contributed by atoms with Crippen LogP contribution in [0.4, 0.5) is 0 Å². The Bertz CT molecular complexity index is 527. The van der Waals surface area contributed by atoms with Gasteiger partial charge in [-0.3, -0.25) is 9.79 Å². The SMILES string of the molecule is CN=C(NCC(=O)N1CCCCC1)NCc1ccccc1C.I. The van der Waals surface area contributed by atoms with Gasteiger partial charge in [0.1, 0.15) is 0 Å². The number of halogens is 1. The molecule has 1 aliphatic rings. The van der Waals surface area contributed by atoms with Gasteiger partial charge in [-0.05, 0) is 37.3 Å². The van der Waals surface area contributed by atoms with Crippen LogP contribution >= 0.6 is 24.0 Å². The molecule has 1 aliphatic heterocycles. The first-order valence-corrected chi connectivity index (χ1v) is 7.97. The Morgan fingerprint density at radius 2 is 1.87 bits per heavy atom.